The topological polar surface area (TPSA) is 50.7 Å². The molecular formula is C10H20N2O2S. The summed E-state index contributed by atoms with van der Waals surface area (Å²) in [6.45, 7) is 8.19. The zero-order valence-electron chi connectivity index (χ0n) is 10.2. The van der Waals surface area contributed by atoms with Crippen molar-refractivity contribution in [2.24, 2.45) is 10.6 Å². The maximum Gasteiger partial charge on any atom is 0.433 e. The molecule has 0 aromatic carbocycles. The number of nitrogens with one attached hydrogen (secondary N) is 1. The van der Waals surface area contributed by atoms with Crippen molar-refractivity contribution in [2.75, 3.05) is 13.3 Å². The molecule has 0 heterocycles. The molecule has 1 amide bonds. The van der Waals surface area contributed by atoms with Crippen molar-refractivity contribution < 1.29 is 9.63 Å². The molecule has 1 atom stereocenters. The fourth-order valence-corrected chi connectivity index (χ4v) is 1.69. The first-order chi connectivity index (χ1) is 6.82. The van der Waals surface area contributed by atoms with Crippen molar-refractivity contribution in [2.45, 2.75) is 32.9 Å². The molecule has 15 heavy (non-hydrogen) atoms. The van der Waals surface area contributed by atoms with Crippen LogP contribution >= 0.6 is 11.8 Å². The number of carbonyl (C=O) groups excluding carboxylic acids is 1. The van der Waals surface area contributed by atoms with E-state index in [1.807, 2.05) is 34.0 Å². The van der Waals surface area contributed by atoms with Crippen LogP contribution in [-0.4, -0.2) is 30.4 Å². The first kappa shape index (κ1) is 14.3. The largest absolute Gasteiger partial charge is 0.433 e. The Morgan fingerprint density at radius 3 is 2.33 bits per heavy atom. The number of hydrogen-bond acceptors (Lipinski definition) is 4. The van der Waals surface area contributed by atoms with Gasteiger partial charge in [0.25, 0.3) is 0 Å². The summed E-state index contributed by atoms with van der Waals surface area (Å²) in [6, 6.07) is 0. The quantitative estimate of drug-likeness (QED) is 0.462. The third-order valence-electron chi connectivity index (χ3n) is 1.94. The molecule has 0 aliphatic rings. The van der Waals surface area contributed by atoms with Crippen molar-refractivity contribution in [1.82, 2.24) is 5.32 Å². The number of carbonyl (C=O) groups is 1. The van der Waals surface area contributed by atoms with Gasteiger partial charge < -0.3 is 5.32 Å². The molecule has 0 saturated heterocycles. The maximum absolute atomic E-state index is 10.9. The summed E-state index contributed by atoms with van der Waals surface area (Å²) in [5.74, 6) is 0. The Labute approximate surface area is 95.8 Å². The Kier molecular flexibility index (Phi) is 5.72. The van der Waals surface area contributed by atoms with E-state index >= 15 is 0 Å². The highest BCUT2D eigenvalue weighted by Gasteiger charge is 2.25. The van der Waals surface area contributed by atoms with Gasteiger partial charge in [0, 0.05) is 17.7 Å². The van der Waals surface area contributed by atoms with E-state index in [2.05, 4.69) is 10.5 Å². The van der Waals surface area contributed by atoms with Crippen molar-refractivity contribution in [3.63, 3.8) is 0 Å². The predicted molar refractivity (Wildman–Crippen MR) is 65.4 cm³/mol. The molecule has 1 N–H and O–H groups in total. The zero-order chi connectivity index (χ0) is 12.1. The molecule has 0 aromatic heterocycles. The lowest BCUT2D eigenvalue weighted by Crippen LogP contribution is -2.30. The van der Waals surface area contributed by atoms with Crippen LogP contribution < -0.4 is 5.32 Å². The van der Waals surface area contributed by atoms with Crippen molar-refractivity contribution >= 4 is 23.6 Å². The Bertz CT molecular complexity index is 246. The summed E-state index contributed by atoms with van der Waals surface area (Å²) >= 11 is 1.68. The third kappa shape index (κ3) is 5.06. The molecule has 0 fully saturated rings. The fraction of sp³-hybridized carbons (Fsp3) is 0.800. The van der Waals surface area contributed by atoms with Gasteiger partial charge in [-0.25, -0.2) is 4.79 Å². The molecule has 0 aliphatic heterocycles. The summed E-state index contributed by atoms with van der Waals surface area (Å²) in [7, 11) is 1.51. The highest BCUT2D eigenvalue weighted by Crippen LogP contribution is 2.24. The molecular weight excluding hydrogens is 212 g/mol. The lowest BCUT2D eigenvalue weighted by atomic mass is 9.88. The Morgan fingerprint density at radius 2 is 2.00 bits per heavy atom. The first-order valence-corrected chi connectivity index (χ1v) is 6.11. The van der Waals surface area contributed by atoms with Crippen LogP contribution in [0, 0.1) is 5.41 Å². The third-order valence-corrected chi connectivity index (χ3v) is 2.87. The van der Waals surface area contributed by atoms with Crippen LogP contribution in [0.3, 0.4) is 0 Å². The van der Waals surface area contributed by atoms with Gasteiger partial charge >= 0.3 is 6.09 Å². The van der Waals surface area contributed by atoms with E-state index in [-0.39, 0.29) is 10.7 Å². The van der Waals surface area contributed by atoms with Gasteiger partial charge in [-0.3, -0.25) is 4.84 Å². The van der Waals surface area contributed by atoms with Gasteiger partial charge in [0.05, 0.1) is 5.71 Å². The standard InChI is InChI=1S/C10H20N2O2S/c1-7(15-6)8(10(2,3)4)12-14-9(13)11-5/h7H,1-6H3,(H,11,13). The van der Waals surface area contributed by atoms with E-state index in [9.17, 15) is 4.79 Å². The SMILES string of the molecule is CNC(=O)ON=C(C(C)SC)C(C)(C)C. The second-order valence-corrected chi connectivity index (χ2v) is 5.41. The Morgan fingerprint density at radius 1 is 1.47 bits per heavy atom. The van der Waals surface area contributed by atoms with Gasteiger partial charge in [-0.1, -0.05) is 25.9 Å². The first-order valence-electron chi connectivity index (χ1n) is 4.82. The summed E-state index contributed by atoms with van der Waals surface area (Å²) in [4.78, 5) is 15.6. The van der Waals surface area contributed by atoms with E-state index in [0.717, 1.165) is 5.71 Å². The minimum Gasteiger partial charge on any atom is -0.323 e. The normalized spacial score (nSPS) is 14.7. The molecule has 0 rings (SSSR count). The van der Waals surface area contributed by atoms with Crippen molar-refractivity contribution in [3.8, 4) is 0 Å². The van der Waals surface area contributed by atoms with Crippen LogP contribution in [0.2, 0.25) is 0 Å². The minimum atomic E-state index is -0.537. The lowest BCUT2D eigenvalue weighted by Gasteiger charge is -2.24. The average Bonchev–Trinajstić information content (AvgIpc) is 2.15. The monoisotopic (exact) mass is 232 g/mol. The highest BCUT2D eigenvalue weighted by molar-refractivity contribution is 7.99. The predicted octanol–water partition coefficient (Wildman–Crippen LogP) is 2.50. The molecule has 0 aliphatic carbocycles. The number of amides is 1. The summed E-state index contributed by atoms with van der Waals surface area (Å²) < 4.78 is 0. The van der Waals surface area contributed by atoms with Gasteiger partial charge in [0.1, 0.15) is 0 Å². The number of hydrogen-bond donors (Lipinski definition) is 1. The highest BCUT2D eigenvalue weighted by atomic mass is 32.2. The van der Waals surface area contributed by atoms with E-state index in [4.69, 9.17) is 4.84 Å². The Balaban J connectivity index is 4.71. The van der Waals surface area contributed by atoms with Gasteiger partial charge in [0.15, 0.2) is 0 Å². The molecule has 0 spiro atoms. The van der Waals surface area contributed by atoms with Gasteiger partial charge in [0.2, 0.25) is 0 Å². The molecule has 5 heteroatoms. The average molecular weight is 232 g/mol. The number of nitrogens with zero attached hydrogens (tertiary/aromatic N) is 1. The molecule has 0 saturated carbocycles. The van der Waals surface area contributed by atoms with Crippen LogP contribution in [0.25, 0.3) is 0 Å². The van der Waals surface area contributed by atoms with Crippen LogP contribution in [0.5, 0.6) is 0 Å². The number of thioether (sulfide) groups is 1. The molecule has 0 bridgehead atoms. The van der Waals surface area contributed by atoms with Crippen LogP contribution in [-0.2, 0) is 4.84 Å². The Hall–Kier alpha value is -0.710. The summed E-state index contributed by atoms with van der Waals surface area (Å²) in [5.41, 5.74) is 0.773. The van der Waals surface area contributed by atoms with Gasteiger partial charge in [-0.15, -0.1) is 0 Å². The second kappa shape index (κ2) is 6.00. The van der Waals surface area contributed by atoms with Crippen LogP contribution in [0.15, 0.2) is 5.16 Å². The minimum absolute atomic E-state index is 0.101. The van der Waals surface area contributed by atoms with E-state index in [1.165, 1.54) is 7.05 Å². The van der Waals surface area contributed by atoms with Crippen LogP contribution in [0.1, 0.15) is 27.7 Å². The van der Waals surface area contributed by atoms with Gasteiger partial charge in [-0.2, -0.15) is 11.8 Å². The van der Waals surface area contributed by atoms with E-state index in [0.29, 0.717) is 0 Å². The summed E-state index contributed by atoms with van der Waals surface area (Å²) in [6.07, 6.45) is 1.47. The van der Waals surface area contributed by atoms with Crippen LogP contribution in [0.4, 0.5) is 4.79 Å². The molecule has 0 radical (unpaired) electrons. The van der Waals surface area contributed by atoms with Gasteiger partial charge in [-0.05, 0) is 13.2 Å². The molecule has 4 nitrogen and oxygen atoms in total. The number of rotatable bonds is 3. The van der Waals surface area contributed by atoms with Crippen molar-refractivity contribution in [3.05, 3.63) is 0 Å². The smallest absolute Gasteiger partial charge is 0.323 e. The molecule has 1 unspecified atom stereocenters. The fourth-order valence-electron chi connectivity index (χ4n) is 1.07. The number of oxime groups is 1. The summed E-state index contributed by atoms with van der Waals surface area (Å²) in [5, 5.41) is 6.51. The lowest BCUT2D eigenvalue weighted by molar-refractivity contribution is 0.151. The van der Waals surface area contributed by atoms with Crippen molar-refractivity contribution in [1.29, 1.82) is 0 Å². The zero-order valence-corrected chi connectivity index (χ0v) is 11.1. The second-order valence-electron chi connectivity index (χ2n) is 4.23. The maximum atomic E-state index is 10.9. The molecule has 0 aromatic rings. The molecule has 88 valence electrons. The van der Waals surface area contributed by atoms with E-state index in [1.54, 1.807) is 11.8 Å². The van der Waals surface area contributed by atoms with E-state index < -0.39 is 6.09 Å².